The van der Waals surface area contributed by atoms with Gasteiger partial charge in [0.15, 0.2) is 0 Å². The van der Waals surface area contributed by atoms with Gasteiger partial charge in [-0.15, -0.1) is 5.10 Å². The largest absolute Gasteiger partial charge is 0.478 e. The van der Waals surface area contributed by atoms with Crippen molar-refractivity contribution in [3.05, 3.63) is 65.9 Å². The molecule has 0 spiro atoms. The van der Waals surface area contributed by atoms with E-state index >= 15 is 0 Å². The van der Waals surface area contributed by atoms with Gasteiger partial charge in [0.05, 0.1) is 17.4 Å². The minimum atomic E-state index is -0.955. The maximum atomic E-state index is 11.1. The lowest BCUT2D eigenvalue weighted by Gasteiger charge is -2.06. The van der Waals surface area contributed by atoms with Crippen LogP contribution in [0.25, 0.3) is 16.9 Å². The van der Waals surface area contributed by atoms with Crippen molar-refractivity contribution in [3.63, 3.8) is 0 Å². The molecular weight excluding hydrogens is 290 g/mol. The molecule has 3 rings (SSSR count). The fourth-order valence-electron chi connectivity index (χ4n) is 2.35. The molecule has 0 radical (unpaired) electrons. The molecule has 0 saturated heterocycles. The van der Waals surface area contributed by atoms with Crippen molar-refractivity contribution >= 4 is 5.97 Å². The van der Waals surface area contributed by atoms with Crippen LogP contribution >= 0.6 is 0 Å². The predicted octanol–water partition coefficient (Wildman–Crippen LogP) is 3.76. The van der Waals surface area contributed by atoms with Crippen molar-refractivity contribution in [3.8, 4) is 16.9 Å². The van der Waals surface area contributed by atoms with Gasteiger partial charge in [0.1, 0.15) is 5.69 Å². The van der Waals surface area contributed by atoms with Crippen molar-refractivity contribution in [1.29, 1.82) is 0 Å². The third-order valence-electron chi connectivity index (χ3n) is 3.72. The van der Waals surface area contributed by atoms with Gasteiger partial charge >= 0.3 is 5.97 Å². The maximum Gasteiger partial charge on any atom is 0.335 e. The van der Waals surface area contributed by atoms with Crippen LogP contribution in [0.4, 0.5) is 0 Å². The van der Waals surface area contributed by atoms with Crippen LogP contribution in [-0.2, 0) is 0 Å². The van der Waals surface area contributed by atoms with E-state index in [1.54, 1.807) is 29.1 Å². The second kappa shape index (κ2) is 6.04. The molecular formula is C18H17N3O2. The zero-order chi connectivity index (χ0) is 16.4. The smallest absolute Gasteiger partial charge is 0.335 e. The third kappa shape index (κ3) is 3.13. The lowest BCUT2D eigenvalue weighted by Crippen LogP contribution is -1.96. The highest BCUT2D eigenvalue weighted by Gasteiger charge is 2.09. The van der Waals surface area contributed by atoms with Crippen molar-refractivity contribution in [1.82, 2.24) is 15.0 Å². The number of carbonyl (C=O) groups is 1. The average molecular weight is 307 g/mol. The number of hydrogen-bond acceptors (Lipinski definition) is 3. The maximum absolute atomic E-state index is 11.1. The Balaban J connectivity index is 1.91. The van der Waals surface area contributed by atoms with Gasteiger partial charge in [0.25, 0.3) is 0 Å². The van der Waals surface area contributed by atoms with Crippen molar-refractivity contribution in [2.45, 2.75) is 19.8 Å². The van der Waals surface area contributed by atoms with Gasteiger partial charge < -0.3 is 5.11 Å². The lowest BCUT2D eigenvalue weighted by atomic mass is 10.0. The third-order valence-corrected chi connectivity index (χ3v) is 3.72. The minimum absolute atomic E-state index is 0.235. The first-order chi connectivity index (χ1) is 11.0. The number of nitrogens with zero attached hydrogens (tertiary/aromatic N) is 3. The van der Waals surface area contributed by atoms with E-state index in [0.29, 0.717) is 11.6 Å². The Kier molecular flexibility index (Phi) is 3.93. The van der Waals surface area contributed by atoms with Gasteiger partial charge in [-0.1, -0.05) is 43.3 Å². The first kappa shape index (κ1) is 15.0. The summed E-state index contributed by atoms with van der Waals surface area (Å²) in [5, 5.41) is 17.3. The molecule has 0 atom stereocenters. The number of carboxylic acids is 1. The van der Waals surface area contributed by atoms with E-state index in [-0.39, 0.29) is 5.56 Å². The summed E-state index contributed by atoms with van der Waals surface area (Å²) in [6.45, 7) is 4.30. The highest BCUT2D eigenvalue weighted by atomic mass is 16.4. The molecule has 3 aromatic rings. The highest BCUT2D eigenvalue weighted by molar-refractivity contribution is 5.89. The van der Waals surface area contributed by atoms with Gasteiger partial charge in [-0.2, -0.15) is 0 Å². The molecule has 0 aliphatic carbocycles. The van der Waals surface area contributed by atoms with Gasteiger partial charge in [0.2, 0.25) is 0 Å². The summed E-state index contributed by atoms with van der Waals surface area (Å²) in [4.78, 5) is 11.1. The fourth-order valence-corrected chi connectivity index (χ4v) is 2.35. The van der Waals surface area contributed by atoms with E-state index < -0.39 is 5.97 Å². The second-order valence-corrected chi connectivity index (χ2v) is 5.68. The van der Waals surface area contributed by atoms with Crippen molar-refractivity contribution in [2.24, 2.45) is 0 Å². The van der Waals surface area contributed by atoms with Gasteiger partial charge in [0, 0.05) is 5.56 Å². The molecule has 0 amide bonds. The molecule has 0 aliphatic heterocycles. The summed E-state index contributed by atoms with van der Waals surface area (Å²) in [6.07, 6.45) is 1.80. The normalized spacial score (nSPS) is 10.9. The summed E-state index contributed by atoms with van der Waals surface area (Å²) in [6, 6.07) is 14.8. The second-order valence-electron chi connectivity index (χ2n) is 5.68. The van der Waals surface area contributed by atoms with E-state index in [4.69, 9.17) is 5.11 Å². The summed E-state index contributed by atoms with van der Waals surface area (Å²) in [5.41, 5.74) is 3.79. The number of hydrogen-bond donors (Lipinski definition) is 1. The molecule has 1 heterocycles. The Labute approximate surface area is 134 Å². The molecule has 0 bridgehead atoms. The molecule has 2 aromatic carbocycles. The number of rotatable bonds is 4. The van der Waals surface area contributed by atoms with Crippen LogP contribution in [0.15, 0.2) is 54.7 Å². The molecule has 1 aromatic heterocycles. The van der Waals surface area contributed by atoms with E-state index in [1.165, 1.54) is 5.56 Å². The Morgan fingerprint density at radius 1 is 1.13 bits per heavy atom. The molecule has 1 N–H and O–H groups in total. The Hall–Kier alpha value is -2.95. The number of benzene rings is 2. The standard InChI is InChI=1S/C18H17N3O2/c1-12(2)13-6-8-16(9-7-13)21-11-17(19-20-21)14-4-3-5-15(10-14)18(22)23/h3-12H,1-2H3,(H,22,23). The zero-order valence-electron chi connectivity index (χ0n) is 13.0. The summed E-state index contributed by atoms with van der Waals surface area (Å²) < 4.78 is 1.69. The van der Waals surface area contributed by atoms with Crippen LogP contribution in [0, 0.1) is 0 Å². The Morgan fingerprint density at radius 2 is 1.87 bits per heavy atom. The van der Waals surface area contributed by atoms with Crippen LogP contribution in [0.1, 0.15) is 35.7 Å². The Morgan fingerprint density at radius 3 is 2.52 bits per heavy atom. The molecule has 0 unspecified atom stereocenters. The van der Waals surface area contributed by atoms with Gasteiger partial charge in [-0.3, -0.25) is 0 Å². The molecule has 0 saturated carbocycles. The Bertz CT molecular complexity index is 835. The summed E-state index contributed by atoms with van der Waals surface area (Å²) in [7, 11) is 0. The molecule has 0 aliphatic rings. The zero-order valence-corrected chi connectivity index (χ0v) is 13.0. The SMILES string of the molecule is CC(C)c1ccc(-n2cc(-c3cccc(C(=O)O)c3)nn2)cc1. The fraction of sp³-hybridized carbons (Fsp3) is 0.167. The molecule has 0 fully saturated rings. The molecule has 116 valence electrons. The van der Waals surface area contributed by atoms with Crippen LogP contribution in [0.5, 0.6) is 0 Å². The molecule has 23 heavy (non-hydrogen) atoms. The minimum Gasteiger partial charge on any atom is -0.478 e. The highest BCUT2D eigenvalue weighted by Crippen LogP contribution is 2.20. The van der Waals surface area contributed by atoms with Gasteiger partial charge in [-0.05, 0) is 35.7 Å². The van der Waals surface area contributed by atoms with E-state index in [9.17, 15) is 4.79 Å². The summed E-state index contributed by atoms with van der Waals surface area (Å²) >= 11 is 0. The van der Waals surface area contributed by atoms with E-state index in [2.05, 4.69) is 36.3 Å². The lowest BCUT2D eigenvalue weighted by molar-refractivity contribution is 0.0697. The number of aromatic carboxylic acids is 1. The monoisotopic (exact) mass is 307 g/mol. The van der Waals surface area contributed by atoms with E-state index in [0.717, 1.165) is 11.3 Å². The topological polar surface area (TPSA) is 68.0 Å². The predicted molar refractivity (Wildman–Crippen MR) is 87.8 cm³/mol. The molecule has 5 heteroatoms. The van der Waals surface area contributed by atoms with Crippen LogP contribution in [-0.4, -0.2) is 26.1 Å². The van der Waals surface area contributed by atoms with Crippen LogP contribution < -0.4 is 0 Å². The van der Waals surface area contributed by atoms with Crippen LogP contribution in [0.3, 0.4) is 0 Å². The first-order valence-electron chi connectivity index (χ1n) is 7.41. The van der Waals surface area contributed by atoms with E-state index in [1.807, 2.05) is 18.2 Å². The molecule has 5 nitrogen and oxygen atoms in total. The first-order valence-corrected chi connectivity index (χ1v) is 7.41. The average Bonchev–Trinajstić information content (AvgIpc) is 3.05. The van der Waals surface area contributed by atoms with Crippen molar-refractivity contribution in [2.75, 3.05) is 0 Å². The summed E-state index contributed by atoms with van der Waals surface area (Å²) in [5.74, 6) is -0.474. The number of carboxylic acid groups (broad SMARTS) is 1. The van der Waals surface area contributed by atoms with Crippen molar-refractivity contribution < 1.29 is 9.90 Å². The van der Waals surface area contributed by atoms with Gasteiger partial charge in [-0.25, -0.2) is 9.48 Å². The quantitative estimate of drug-likeness (QED) is 0.797. The van der Waals surface area contributed by atoms with Crippen LogP contribution in [0.2, 0.25) is 0 Å². The number of aromatic nitrogens is 3.